The van der Waals surface area contributed by atoms with Crippen LogP contribution in [0.4, 0.5) is 10.8 Å². The van der Waals surface area contributed by atoms with E-state index in [9.17, 15) is 9.59 Å². The first-order chi connectivity index (χ1) is 14.0. The van der Waals surface area contributed by atoms with E-state index in [0.717, 1.165) is 12.8 Å². The second-order valence-corrected chi connectivity index (χ2v) is 8.37. The standard InChI is InChI=1S/C19H22Cl2N4O3S/c1-28-9-8-25(7-6-17(26)22-13-3-4-13)18(27)16-11-29-19(24-16)23-15-10-12(20)2-5-14(15)21/h2,5,10-11,13H,3-4,6-9H2,1H3,(H,22,26)(H,23,24). The van der Waals surface area contributed by atoms with Gasteiger partial charge in [0, 0.05) is 43.1 Å². The summed E-state index contributed by atoms with van der Waals surface area (Å²) in [6, 6.07) is 5.37. The number of thiazole rings is 1. The van der Waals surface area contributed by atoms with Crippen LogP contribution in [0.25, 0.3) is 0 Å². The monoisotopic (exact) mass is 456 g/mol. The summed E-state index contributed by atoms with van der Waals surface area (Å²) in [5, 5.41) is 9.25. The zero-order chi connectivity index (χ0) is 20.8. The van der Waals surface area contributed by atoms with Crippen molar-refractivity contribution in [1.82, 2.24) is 15.2 Å². The SMILES string of the molecule is COCCN(CCC(=O)NC1CC1)C(=O)c1csc(Nc2cc(Cl)ccc2Cl)n1. The number of aromatic nitrogens is 1. The van der Waals surface area contributed by atoms with Crippen LogP contribution in [0, 0.1) is 0 Å². The van der Waals surface area contributed by atoms with Crippen molar-refractivity contribution < 1.29 is 14.3 Å². The molecule has 0 aliphatic heterocycles. The van der Waals surface area contributed by atoms with Gasteiger partial charge in [-0.2, -0.15) is 0 Å². The lowest BCUT2D eigenvalue weighted by Gasteiger charge is -2.21. The summed E-state index contributed by atoms with van der Waals surface area (Å²) in [7, 11) is 1.57. The van der Waals surface area contributed by atoms with E-state index < -0.39 is 0 Å². The minimum atomic E-state index is -0.247. The van der Waals surface area contributed by atoms with Crippen molar-refractivity contribution in [2.75, 3.05) is 32.1 Å². The number of amides is 2. The third-order valence-electron chi connectivity index (χ3n) is 4.30. The van der Waals surface area contributed by atoms with Gasteiger partial charge in [0.2, 0.25) is 5.91 Å². The maximum absolute atomic E-state index is 12.9. The summed E-state index contributed by atoms with van der Waals surface area (Å²) < 4.78 is 5.10. The van der Waals surface area contributed by atoms with E-state index >= 15 is 0 Å². The molecule has 0 spiro atoms. The molecule has 2 N–H and O–H groups in total. The Labute approximate surface area is 183 Å². The molecule has 0 bridgehead atoms. The van der Waals surface area contributed by atoms with Gasteiger partial charge < -0.3 is 20.3 Å². The van der Waals surface area contributed by atoms with Gasteiger partial charge in [0.25, 0.3) is 5.91 Å². The van der Waals surface area contributed by atoms with Crippen molar-refractivity contribution in [3.63, 3.8) is 0 Å². The Morgan fingerprint density at radius 3 is 2.83 bits per heavy atom. The lowest BCUT2D eigenvalue weighted by molar-refractivity contribution is -0.121. The highest BCUT2D eigenvalue weighted by atomic mass is 35.5. The molecule has 1 aromatic heterocycles. The molecule has 1 aromatic carbocycles. The summed E-state index contributed by atoms with van der Waals surface area (Å²) in [4.78, 5) is 30.8. The van der Waals surface area contributed by atoms with Crippen molar-refractivity contribution in [2.45, 2.75) is 25.3 Å². The number of carbonyl (C=O) groups excluding carboxylic acids is 2. The summed E-state index contributed by atoms with van der Waals surface area (Å²) in [5.74, 6) is -0.290. The second kappa shape index (κ2) is 10.2. The van der Waals surface area contributed by atoms with Crippen LogP contribution in [0.2, 0.25) is 10.0 Å². The number of carbonyl (C=O) groups is 2. The number of benzene rings is 1. The van der Waals surface area contributed by atoms with Gasteiger partial charge in [-0.25, -0.2) is 4.98 Å². The molecular weight excluding hydrogens is 435 g/mol. The van der Waals surface area contributed by atoms with Crippen LogP contribution in [-0.2, 0) is 9.53 Å². The smallest absolute Gasteiger partial charge is 0.273 e. The van der Waals surface area contributed by atoms with Crippen molar-refractivity contribution in [1.29, 1.82) is 0 Å². The lowest BCUT2D eigenvalue weighted by Crippen LogP contribution is -2.37. The fourth-order valence-electron chi connectivity index (χ4n) is 2.58. The van der Waals surface area contributed by atoms with Gasteiger partial charge in [-0.15, -0.1) is 11.3 Å². The van der Waals surface area contributed by atoms with Crippen molar-refractivity contribution in [2.24, 2.45) is 0 Å². The third kappa shape index (κ3) is 6.57. The topological polar surface area (TPSA) is 83.6 Å². The van der Waals surface area contributed by atoms with Gasteiger partial charge in [-0.1, -0.05) is 23.2 Å². The first kappa shape index (κ1) is 21.8. The molecule has 7 nitrogen and oxygen atoms in total. The fraction of sp³-hybridized carbons (Fsp3) is 0.421. The third-order valence-corrected chi connectivity index (χ3v) is 5.62. The number of rotatable bonds is 10. The van der Waals surface area contributed by atoms with Crippen molar-refractivity contribution in [3.05, 3.63) is 39.3 Å². The van der Waals surface area contributed by atoms with E-state index in [1.807, 2.05) is 0 Å². The molecule has 29 heavy (non-hydrogen) atoms. The molecule has 156 valence electrons. The number of ether oxygens (including phenoxy) is 1. The zero-order valence-electron chi connectivity index (χ0n) is 15.9. The molecule has 0 atom stereocenters. The molecule has 1 heterocycles. The molecule has 2 aromatic rings. The minimum Gasteiger partial charge on any atom is -0.383 e. The highest BCUT2D eigenvalue weighted by molar-refractivity contribution is 7.14. The van der Waals surface area contributed by atoms with Crippen LogP contribution in [0.3, 0.4) is 0 Å². The van der Waals surface area contributed by atoms with E-state index in [1.165, 1.54) is 11.3 Å². The quantitative estimate of drug-likeness (QED) is 0.565. The average Bonchev–Trinajstić information content (AvgIpc) is 3.38. The average molecular weight is 457 g/mol. The largest absolute Gasteiger partial charge is 0.383 e. The Morgan fingerprint density at radius 1 is 1.31 bits per heavy atom. The normalized spacial score (nSPS) is 13.2. The Morgan fingerprint density at radius 2 is 2.10 bits per heavy atom. The Hall–Kier alpha value is -1.87. The molecule has 1 aliphatic rings. The molecule has 0 saturated heterocycles. The second-order valence-electron chi connectivity index (χ2n) is 6.66. The number of nitrogens with one attached hydrogen (secondary N) is 2. The van der Waals surface area contributed by atoms with E-state index in [1.54, 1.807) is 35.6 Å². The van der Waals surface area contributed by atoms with Crippen LogP contribution < -0.4 is 10.6 Å². The Balaban J connectivity index is 1.63. The van der Waals surface area contributed by atoms with Gasteiger partial charge >= 0.3 is 0 Å². The number of anilines is 2. The molecule has 2 amide bonds. The molecule has 1 aliphatic carbocycles. The van der Waals surface area contributed by atoms with Gasteiger partial charge in [0.05, 0.1) is 17.3 Å². The highest BCUT2D eigenvalue weighted by Gasteiger charge is 2.24. The van der Waals surface area contributed by atoms with Gasteiger partial charge in [-0.3, -0.25) is 9.59 Å². The fourth-order valence-corrected chi connectivity index (χ4v) is 3.61. The molecule has 0 radical (unpaired) electrons. The van der Waals surface area contributed by atoms with E-state index in [-0.39, 0.29) is 18.2 Å². The van der Waals surface area contributed by atoms with Gasteiger partial charge in [0.15, 0.2) is 5.13 Å². The maximum atomic E-state index is 12.9. The summed E-state index contributed by atoms with van der Waals surface area (Å²) >= 11 is 13.5. The number of hydrogen-bond donors (Lipinski definition) is 2. The van der Waals surface area contributed by atoms with Crippen molar-refractivity contribution in [3.8, 4) is 0 Å². The number of halogens is 2. The first-order valence-electron chi connectivity index (χ1n) is 9.21. The highest BCUT2D eigenvalue weighted by Crippen LogP contribution is 2.30. The first-order valence-corrected chi connectivity index (χ1v) is 10.8. The number of hydrogen-bond acceptors (Lipinski definition) is 6. The molecule has 1 saturated carbocycles. The number of methoxy groups -OCH3 is 1. The lowest BCUT2D eigenvalue weighted by atomic mass is 10.3. The Kier molecular flexibility index (Phi) is 7.71. The number of nitrogens with zero attached hydrogens (tertiary/aromatic N) is 2. The maximum Gasteiger partial charge on any atom is 0.273 e. The predicted molar refractivity (Wildman–Crippen MR) is 115 cm³/mol. The molecule has 3 rings (SSSR count). The van der Waals surface area contributed by atoms with Crippen LogP contribution in [0.15, 0.2) is 23.6 Å². The summed E-state index contributed by atoms with van der Waals surface area (Å²) in [5.41, 5.74) is 0.912. The Bertz CT molecular complexity index is 873. The van der Waals surface area contributed by atoms with Crippen LogP contribution in [0.5, 0.6) is 0 Å². The van der Waals surface area contributed by atoms with Gasteiger partial charge in [0.1, 0.15) is 5.69 Å². The van der Waals surface area contributed by atoms with E-state index in [0.29, 0.717) is 52.3 Å². The zero-order valence-corrected chi connectivity index (χ0v) is 18.2. The molecule has 0 unspecified atom stereocenters. The van der Waals surface area contributed by atoms with Crippen LogP contribution in [-0.4, -0.2) is 54.5 Å². The van der Waals surface area contributed by atoms with Crippen LogP contribution >= 0.6 is 34.5 Å². The predicted octanol–water partition coefficient (Wildman–Crippen LogP) is 3.95. The van der Waals surface area contributed by atoms with Crippen LogP contribution in [0.1, 0.15) is 29.8 Å². The van der Waals surface area contributed by atoms with E-state index in [2.05, 4.69) is 15.6 Å². The molecule has 1 fully saturated rings. The molecular formula is C19H22Cl2N4O3S. The summed E-state index contributed by atoms with van der Waals surface area (Å²) in [6.07, 6.45) is 2.31. The summed E-state index contributed by atoms with van der Waals surface area (Å²) in [6.45, 7) is 1.07. The minimum absolute atomic E-state index is 0.0426. The van der Waals surface area contributed by atoms with Gasteiger partial charge in [-0.05, 0) is 31.0 Å². The van der Waals surface area contributed by atoms with Crippen molar-refractivity contribution >= 4 is 57.2 Å². The molecule has 10 heteroatoms. The van der Waals surface area contributed by atoms with E-state index in [4.69, 9.17) is 27.9 Å².